The molecule has 3 heterocycles. The van der Waals surface area contributed by atoms with E-state index in [1.807, 2.05) is 24.4 Å². The largest absolute Gasteiger partial charge is 0.377 e. The van der Waals surface area contributed by atoms with Gasteiger partial charge in [0, 0.05) is 36.2 Å². The number of hydrogen-bond donors (Lipinski definition) is 0. The van der Waals surface area contributed by atoms with Crippen molar-refractivity contribution in [2.75, 3.05) is 12.4 Å². The van der Waals surface area contributed by atoms with Crippen LogP contribution >= 0.6 is 0 Å². The molecule has 1 aliphatic heterocycles. The summed E-state index contributed by atoms with van der Waals surface area (Å²) in [4.78, 5) is 16.3. The Kier molecular flexibility index (Phi) is 4.75. The Labute approximate surface area is 157 Å². The number of carbonyl (C=O) groups is 1. The first kappa shape index (κ1) is 17.8. The molecule has 1 aromatic carbocycles. The topological polar surface area (TPSA) is 86.4 Å². The minimum Gasteiger partial charge on any atom is -0.377 e. The summed E-state index contributed by atoms with van der Waals surface area (Å²) >= 11 is 0. The molecular weight excluding hydrogens is 364 g/mol. The van der Waals surface area contributed by atoms with Crippen LogP contribution in [0.25, 0.3) is 16.6 Å². The number of carbonyl (C=O) groups excluding carboxylic acids is 1. The van der Waals surface area contributed by atoms with Gasteiger partial charge in [-0.2, -0.15) is 9.46 Å². The normalized spacial score (nSPS) is 19.1. The third-order valence-corrected chi connectivity index (χ3v) is 6.83. The maximum atomic E-state index is 13.6. The molecule has 0 saturated carbocycles. The summed E-state index contributed by atoms with van der Waals surface area (Å²) in [5, 5.41) is 5.36. The van der Waals surface area contributed by atoms with Crippen molar-refractivity contribution >= 4 is 26.5 Å². The summed E-state index contributed by atoms with van der Waals surface area (Å²) in [6, 6.07) is 9.10. The van der Waals surface area contributed by atoms with Crippen LogP contribution in [0.1, 0.15) is 19.8 Å². The molecule has 1 aliphatic rings. The number of fused-ring (bicyclic) bond motifs is 1. The Morgan fingerprint density at radius 3 is 3.00 bits per heavy atom. The molecule has 8 heteroatoms. The van der Waals surface area contributed by atoms with Crippen LogP contribution < -0.4 is 0 Å². The number of hydrogen-bond acceptors (Lipinski definition) is 5. The molecule has 1 amide bonds. The summed E-state index contributed by atoms with van der Waals surface area (Å²) < 4.78 is 24.9. The molecule has 1 saturated heterocycles. The predicted octanol–water partition coefficient (Wildman–Crippen LogP) is 2.97. The van der Waals surface area contributed by atoms with Crippen molar-refractivity contribution in [3.05, 3.63) is 48.9 Å². The Morgan fingerprint density at radius 1 is 1.41 bits per heavy atom. The van der Waals surface area contributed by atoms with Gasteiger partial charge >= 0.3 is 0 Å². The molecule has 1 fully saturated rings. The first-order valence-electron chi connectivity index (χ1n) is 8.80. The van der Waals surface area contributed by atoms with E-state index in [-0.39, 0.29) is 11.9 Å². The summed E-state index contributed by atoms with van der Waals surface area (Å²) in [6.07, 6.45) is 6.93. The number of ether oxygens (including phenoxy) is 1. The van der Waals surface area contributed by atoms with E-state index in [9.17, 15) is 9.00 Å². The van der Waals surface area contributed by atoms with Gasteiger partial charge in [-0.05, 0) is 43.2 Å². The lowest BCUT2D eigenvalue weighted by molar-refractivity contribution is -0.115. The van der Waals surface area contributed by atoms with Gasteiger partial charge < -0.3 is 4.74 Å². The van der Waals surface area contributed by atoms with Gasteiger partial charge in [0.2, 0.25) is 0 Å². The highest BCUT2D eigenvalue weighted by atomic mass is 32.2. The minimum atomic E-state index is -2.90. The van der Waals surface area contributed by atoms with Gasteiger partial charge in [0.05, 0.1) is 39.0 Å². The lowest BCUT2D eigenvalue weighted by atomic mass is 10.3. The molecule has 2 unspecified atom stereocenters. The minimum absolute atomic E-state index is 0.130. The number of pyridine rings is 1. The van der Waals surface area contributed by atoms with E-state index in [1.165, 1.54) is 6.92 Å². The SMILES string of the molecule is CC(=O)N=S(=O)(CC1CCCO1)c1ccc2nn(-c3cccnc3)cc2c1. The highest BCUT2D eigenvalue weighted by molar-refractivity contribution is 7.94. The van der Waals surface area contributed by atoms with E-state index in [2.05, 4.69) is 14.4 Å². The Balaban J connectivity index is 1.76. The molecule has 2 aromatic heterocycles. The summed E-state index contributed by atoms with van der Waals surface area (Å²) in [6.45, 7) is 1.99. The smallest absolute Gasteiger partial charge is 0.250 e. The third kappa shape index (κ3) is 3.77. The predicted molar refractivity (Wildman–Crippen MR) is 102 cm³/mol. The van der Waals surface area contributed by atoms with Crippen LogP contribution in [0.3, 0.4) is 0 Å². The Bertz CT molecular complexity index is 1090. The average molecular weight is 384 g/mol. The molecule has 0 N–H and O–H groups in total. The van der Waals surface area contributed by atoms with Crippen molar-refractivity contribution in [2.24, 2.45) is 4.36 Å². The van der Waals surface area contributed by atoms with Crippen LogP contribution in [-0.4, -0.2) is 43.3 Å². The van der Waals surface area contributed by atoms with Crippen LogP contribution in [-0.2, 0) is 19.3 Å². The van der Waals surface area contributed by atoms with Gasteiger partial charge in [-0.15, -0.1) is 0 Å². The molecule has 0 spiro atoms. The lowest BCUT2D eigenvalue weighted by Crippen LogP contribution is -2.21. The van der Waals surface area contributed by atoms with Crippen LogP contribution in [0.4, 0.5) is 0 Å². The van der Waals surface area contributed by atoms with E-state index >= 15 is 0 Å². The van der Waals surface area contributed by atoms with Gasteiger partial charge in [0.25, 0.3) is 5.91 Å². The van der Waals surface area contributed by atoms with Gasteiger partial charge in [0.15, 0.2) is 0 Å². The highest BCUT2D eigenvalue weighted by Crippen LogP contribution is 2.25. The Hall–Kier alpha value is -2.58. The first-order chi connectivity index (χ1) is 13.0. The summed E-state index contributed by atoms with van der Waals surface area (Å²) in [5.74, 6) is -0.210. The second-order valence-electron chi connectivity index (χ2n) is 6.56. The number of aromatic nitrogens is 3. The van der Waals surface area contributed by atoms with Gasteiger partial charge in [-0.1, -0.05) is 0 Å². The fourth-order valence-corrected chi connectivity index (χ4v) is 5.39. The molecule has 0 radical (unpaired) electrons. The number of benzene rings is 1. The summed E-state index contributed by atoms with van der Waals surface area (Å²) in [7, 11) is -2.90. The number of rotatable bonds is 4. The molecule has 3 aromatic rings. The maximum absolute atomic E-state index is 13.6. The summed E-state index contributed by atoms with van der Waals surface area (Å²) in [5.41, 5.74) is 1.60. The monoisotopic (exact) mass is 384 g/mol. The van der Waals surface area contributed by atoms with Crippen molar-refractivity contribution in [3.8, 4) is 5.69 Å². The Morgan fingerprint density at radius 2 is 2.30 bits per heavy atom. The van der Waals surface area contributed by atoms with E-state index in [0.29, 0.717) is 11.5 Å². The van der Waals surface area contributed by atoms with Crippen LogP contribution in [0.15, 0.2) is 58.2 Å². The van der Waals surface area contributed by atoms with Crippen LogP contribution in [0, 0.1) is 0 Å². The zero-order valence-electron chi connectivity index (χ0n) is 14.9. The van der Waals surface area contributed by atoms with Crippen molar-refractivity contribution in [2.45, 2.75) is 30.8 Å². The molecule has 2 atom stereocenters. The van der Waals surface area contributed by atoms with E-state index < -0.39 is 15.6 Å². The molecule has 0 bridgehead atoms. The van der Waals surface area contributed by atoms with Crippen molar-refractivity contribution in [1.29, 1.82) is 0 Å². The second kappa shape index (κ2) is 7.21. The fourth-order valence-electron chi connectivity index (χ4n) is 3.25. The first-order valence-corrected chi connectivity index (χ1v) is 10.5. The fraction of sp³-hybridized carbons (Fsp3) is 0.316. The van der Waals surface area contributed by atoms with Crippen molar-refractivity contribution in [3.63, 3.8) is 0 Å². The van der Waals surface area contributed by atoms with Gasteiger partial charge in [-0.25, -0.2) is 8.89 Å². The number of amides is 1. The van der Waals surface area contributed by atoms with Crippen molar-refractivity contribution in [1.82, 2.24) is 14.8 Å². The molecule has 0 aliphatic carbocycles. The quantitative estimate of drug-likeness (QED) is 0.690. The van der Waals surface area contributed by atoms with Gasteiger partial charge in [0.1, 0.15) is 0 Å². The van der Waals surface area contributed by atoms with Gasteiger partial charge in [-0.3, -0.25) is 9.78 Å². The van der Waals surface area contributed by atoms with Crippen LogP contribution in [0.2, 0.25) is 0 Å². The molecule has 4 rings (SSSR count). The molecule has 140 valence electrons. The standard InChI is InChI=1S/C19H20N4O3S/c1-14(24)22-27(25,13-17-5-3-9-26-17)18-6-7-19-15(10-18)12-23(21-19)16-4-2-8-20-11-16/h2,4,6-8,10-12,17H,3,5,9,13H2,1H3. The molecule has 7 nitrogen and oxygen atoms in total. The third-order valence-electron chi connectivity index (χ3n) is 4.47. The maximum Gasteiger partial charge on any atom is 0.250 e. The van der Waals surface area contributed by atoms with E-state index in [0.717, 1.165) is 29.4 Å². The van der Waals surface area contributed by atoms with Crippen molar-refractivity contribution < 1.29 is 13.7 Å². The highest BCUT2D eigenvalue weighted by Gasteiger charge is 2.24. The molecular formula is C19H20N4O3S. The number of nitrogens with zero attached hydrogens (tertiary/aromatic N) is 4. The molecule has 27 heavy (non-hydrogen) atoms. The zero-order chi connectivity index (χ0) is 18.9. The van der Waals surface area contributed by atoms with Crippen LogP contribution in [0.5, 0.6) is 0 Å². The van der Waals surface area contributed by atoms with E-state index in [1.54, 1.807) is 29.2 Å². The average Bonchev–Trinajstić information content (AvgIpc) is 3.30. The van der Waals surface area contributed by atoms with E-state index in [4.69, 9.17) is 4.74 Å². The lowest BCUT2D eigenvalue weighted by Gasteiger charge is -2.14. The zero-order valence-corrected chi connectivity index (χ0v) is 15.8. The second-order valence-corrected chi connectivity index (χ2v) is 8.83.